The molecule has 4 atom stereocenters. The lowest BCUT2D eigenvalue weighted by Crippen LogP contribution is -2.49. The molecule has 0 amide bonds. The van der Waals surface area contributed by atoms with Crippen molar-refractivity contribution in [1.29, 1.82) is 0 Å². The average Bonchev–Trinajstić information content (AvgIpc) is 3.10. The summed E-state index contributed by atoms with van der Waals surface area (Å²) in [5, 5.41) is 10.1. The van der Waals surface area contributed by atoms with Crippen LogP contribution in [0.25, 0.3) is 0 Å². The van der Waals surface area contributed by atoms with Crippen molar-refractivity contribution in [2.45, 2.75) is 77.1 Å². The number of carbonyl (C=O) groups excluding carboxylic acids is 1. The van der Waals surface area contributed by atoms with Gasteiger partial charge in [-0.25, -0.2) is 4.79 Å². The molecule has 0 spiro atoms. The van der Waals surface area contributed by atoms with Crippen LogP contribution in [-0.2, 0) is 9.16 Å². The molecule has 2 heterocycles. The molecule has 1 N–H and O–H groups in total. The maximum Gasteiger partial charge on any atom is 0.340 e. The van der Waals surface area contributed by atoms with Crippen molar-refractivity contribution in [2.24, 2.45) is 5.92 Å². The largest absolute Gasteiger partial charge is 0.411 e. The quantitative estimate of drug-likeness (QED) is 0.600. The smallest absolute Gasteiger partial charge is 0.340 e. The summed E-state index contributed by atoms with van der Waals surface area (Å²) in [5.41, 5.74) is -1.23. The van der Waals surface area contributed by atoms with Gasteiger partial charge in [0.1, 0.15) is 12.3 Å². The van der Waals surface area contributed by atoms with Crippen LogP contribution >= 0.6 is 0 Å². The standard InChI is InChI=1S/C25H36N2O6Si/c1-7-11-18-21(33-34(5,6)25(2,3)4)19(16-28)32-23(18)26-15-14-20(29)27(24(26)31)22(30)17-12-9-8-10-13-17/h8-10,12-15,18-19,21,23,28H,7,11,16H2,1-6H3/t18-,19-,21+,23-/m1/s1. The first-order chi connectivity index (χ1) is 15.9. The van der Waals surface area contributed by atoms with Crippen LogP contribution in [0.4, 0.5) is 0 Å². The number of ether oxygens (including phenoxy) is 1. The number of aliphatic hydroxyl groups excluding tert-OH is 1. The molecule has 34 heavy (non-hydrogen) atoms. The van der Waals surface area contributed by atoms with E-state index in [4.69, 9.17) is 9.16 Å². The van der Waals surface area contributed by atoms with Gasteiger partial charge in [0.25, 0.3) is 11.5 Å². The molecule has 0 unspecified atom stereocenters. The normalized spacial score (nSPS) is 23.3. The van der Waals surface area contributed by atoms with E-state index in [0.717, 1.165) is 6.42 Å². The van der Waals surface area contributed by atoms with Crippen molar-refractivity contribution in [3.05, 3.63) is 69.0 Å². The molecule has 1 aromatic carbocycles. The Kier molecular flexibility index (Phi) is 7.81. The molecule has 1 fully saturated rings. The highest BCUT2D eigenvalue weighted by molar-refractivity contribution is 6.74. The van der Waals surface area contributed by atoms with Crippen LogP contribution in [0.15, 0.2) is 52.2 Å². The van der Waals surface area contributed by atoms with Crippen LogP contribution in [0.3, 0.4) is 0 Å². The molecule has 3 rings (SSSR count). The Labute approximate surface area is 201 Å². The van der Waals surface area contributed by atoms with E-state index < -0.39 is 43.9 Å². The topological polar surface area (TPSA) is 99.8 Å². The lowest BCUT2D eigenvalue weighted by Gasteiger charge is -2.40. The second-order valence-corrected chi connectivity index (χ2v) is 15.1. The van der Waals surface area contributed by atoms with Gasteiger partial charge < -0.3 is 14.3 Å². The Morgan fingerprint density at radius 3 is 2.35 bits per heavy atom. The van der Waals surface area contributed by atoms with E-state index in [1.807, 2.05) is 6.92 Å². The number of aliphatic hydroxyl groups is 1. The highest BCUT2D eigenvalue weighted by atomic mass is 28.4. The molecule has 186 valence electrons. The molecule has 1 saturated heterocycles. The molecule has 1 aliphatic heterocycles. The Morgan fingerprint density at radius 2 is 1.79 bits per heavy atom. The van der Waals surface area contributed by atoms with E-state index in [2.05, 4.69) is 33.9 Å². The van der Waals surface area contributed by atoms with E-state index in [1.54, 1.807) is 30.3 Å². The third-order valence-corrected chi connectivity index (χ3v) is 11.5. The predicted octanol–water partition coefficient (Wildman–Crippen LogP) is 3.39. The van der Waals surface area contributed by atoms with Gasteiger partial charge in [0.2, 0.25) is 0 Å². The lowest BCUT2D eigenvalue weighted by atomic mass is 9.95. The maximum absolute atomic E-state index is 13.4. The zero-order chi connectivity index (χ0) is 25.3. The first-order valence-electron chi connectivity index (χ1n) is 11.8. The molecule has 0 radical (unpaired) electrons. The summed E-state index contributed by atoms with van der Waals surface area (Å²) in [6, 6.07) is 9.41. The summed E-state index contributed by atoms with van der Waals surface area (Å²) >= 11 is 0. The number of hydrogen-bond acceptors (Lipinski definition) is 6. The van der Waals surface area contributed by atoms with Gasteiger partial charge in [0.05, 0.1) is 12.7 Å². The molecule has 0 aliphatic carbocycles. The minimum Gasteiger partial charge on any atom is -0.411 e. The molecule has 1 aliphatic rings. The molecule has 2 aromatic rings. The third-order valence-electron chi connectivity index (χ3n) is 7.02. The molecule has 9 heteroatoms. The Hall–Kier alpha value is -2.33. The SMILES string of the molecule is CCC[C@@H]1[C@H](O[Si](C)(C)C(C)(C)C)[C@@H](CO)O[C@H]1n1ccc(=O)n(C(=O)c2ccccc2)c1=O. The summed E-state index contributed by atoms with van der Waals surface area (Å²) in [6.45, 7) is 12.5. The lowest BCUT2D eigenvalue weighted by molar-refractivity contribution is -0.0472. The van der Waals surface area contributed by atoms with Crippen molar-refractivity contribution in [3.63, 3.8) is 0 Å². The molecule has 1 aromatic heterocycles. The first kappa shape index (κ1) is 26.3. The van der Waals surface area contributed by atoms with Gasteiger partial charge in [-0.3, -0.25) is 14.2 Å². The van der Waals surface area contributed by atoms with Gasteiger partial charge in [-0.15, -0.1) is 0 Å². The van der Waals surface area contributed by atoms with E-state index in [-0.39, 0.29) is 23.1 Å². The van der Waals surface area contributed by atoms with Gasteiger partial charge in [0.15, 0.2) is 8.32 Å². The van der Waals surface area contributed by atoms with Crippen LogP contribution in [-0.4, -0.2) is 47.3 Å². The van der Waals surface area contributed by atoms with Crippen LogP contribution in [0.5, 0.6) is 0 Å². The van der Waals surface area contributed by atoms with Crippen molar-refractivity contribution >= 4 is 14.2 Å². The number of hydrogen-bond donors (Lipinski definition) is 1. The number of nitrogens with zero attached hydrogens (tertiary/aromatic N) is 2. The predicted molar refractivity (Wildman–Crippen MR) is 133 cm³/mol. The molecular weight excluding hydrogens is 452 g/mol. The fourth-order valence-electron chi connectivity index (χ4n) is 4.12. The number of carbonyl (C=O) groups is 1. The van der Waals surface area contributed by atoms with Gasteiger partial charge in [-0.2, -0.15) is 4.57 Å². The second-order valence-electron chi connectivity index (χ2n) is 10.4. The van der Waals surface area contributed by atoms with Crippen molar-refractivity contribution in [3.8, 4) is 0 Å². The van der Waals surface area contributed by atoms with Crippen molar-refractivity contribution < 1.29 is 19.1 Å². The fraction of sp³-hybridized carbons (Fsp3) is 0.560. The van der Waals surface area contributed by atoms with Crippen molar-refractivity contribution in [2.75, 3.05) is 6.61 Å². The minimum absolute atomic E-state index is 0.0476. The first-order valence-corrected chi connectivity index (χ1v) is 14.7. The van der Waals surface area contributed by atoms with Crippen LogP contribution in [0.1, 0.15) is 57.1 Å². The van der Waals surface area contributed by atoms with E-state index >= 15 is 0 Å². The van der Waals surface area contributed by atoms with Gasteiger partial charge in [0, 0.05) is 23.7 Å². The van der Waals surface area contributed by atoms with E-state index in [9.17, 15) is 19.5 Å². The van der Waals surface area contributed by atoms with Gasteiger partial charge >= 0.3 is 5.69 Å². The number of benzene rings is 1. The molecule has 8 nitrogen and oxygen atoms in total. The summed E-state index contributed by atoms with van der Waals surface area (Å²) in [7, 11) is -2.21. The van der Waals surface area contributed by atoms with Crippen LogP contribution < -0.4 is 11.2 Å². The Morgan fingerprint density at radius 1 is 1.15 bits per heavy atom. The monoisotopic (exact) mass is 488 g/mol. The zero-order valence-electron chi connectivity index (χ0n) is 20.9. The number of aromatic nitrogens is 2. The Balaban J connectivity index is 2.06. The number of rotatable bonds is 7. The maximum atomic E-state index is 13.4. The van der Waals surface area contributed by atoms with E-state index in [1.165, 1.54) is 16.8 Å². The van der Waals surface area contributed by atoms with Crippen molar-refractivity contribution in [1.82, 2.24) is 9.13 Å². The summed E-state index contributed by atoms with van der Waals surface area (Å²) in [4.78, 5) is 39.0. The van der Waals surface area contributed by atoms with Gasteiger partial charge in [-0.1, -0.05) is 52.3 Å². The molecule has 0 bridgehead atoms. The minimum atomic E-state index is -2.21. The van der Waals surface area contributed by atoms with Crippen LogP contribution in [0, 0.1) is 5.92 Å². The highest BCUT2D eigenvalue weighted by Gasteiger charge is 2.50. The average molecular weight is 489 g/mol. The summed E-state index contributed by atoms with van der Waals surface area (Å²) < 4.78 is 14.8. The third kappa shape index (κ3) is 5.02. The van der Waals surface area contributed by atoms with E-state index in [0.29, 0.717) is 11.0 Å². The van der Waals surface area contributed by atoms with Gasteiger partial charge in [-0.05, 0) is 36.7 Å². The molecule has 0 saturated carbocycles. The summed E-state index contributed by atoms with van der Waals surface area (Å²) in [5.74, 6) is -0.922. The molecular formula is C25H36N2O6Si. The highest BCUT2D eigenvalue weighted by Crippen LogP contribution is 2.44. The second kappa shape index (κ2) is 10.1. The van der Waals surface area contributed by atoms with Crippen LogP contribution in [0.2, 0.25) is 18.1 Å². The summed E-state index contributed by atoms with van der Waals surface area (Å²) in [6.07, 6.45) is 1.09. The fourth-order valence-corrected chi connectivity index (χ4v) is 5.48. The Bertz CT molecular complexity index is 1120. The zero-order valence-corrected chi connectivity index (χ0v) is 21.9.